The van der Waals surface area contributed by atoms with E-state index in [4.69, 9.17) is 0 Å². The molecule has 7 heteroatoms. The summed E-state index contributed by atoms with van der Waals surface area (Å²) in [6.07, 6.45) is 1.38. The number of halogens is 2. The zero-order chi connectivity index (χ0) is 15.7. The van der Waals surface area contributed by atoms with Gasteiger partial charge in [0.1, 0.15) is 16.5 Å². The molecule has 0 amide bonds. The van der Waals surface area contributed by atoms with Crippen LogP contribution in [0.15, 0.2) is 40.6 Å². The average Bonchev–Trinajstić information content (AvgIpc) is 3.04. The largest absolute Gasteiger partial charge is 0.246 e. The van der Waals surface area contributed by atoms with Gasteiger partial charge in [-0.25, -0.2) is 17.2 Å². The molecule has 0 radical (unpaired) electrons. The van der Waals surface area contributed by atoms with E-state index in [0.29, 0.717) is 31.8 Å². The van der Waals surface area contributed by atoms with Crippen LogP contribution in [0.3, 0.4) is 0 Å². The van der Waals surface area contributed by atoms with Gasteiger partial charge >= 0.3 is 0 Å². The predicted octanol–water partition coefficient (Wildman–Crippen LogP) is 3.59. The highest BCUT2D eigenvalue weighted by atomic mass is 32.2. The van der Waals surface area contributed by atoms with Gasteiger partial charge in [-0.15, -0.1) is 11.3 Å². The van der Waals surface area contributed by atoms with Crippen molar-refractivity contribution in [1.29, 1.82) is 0 Å². The topological polar surface area (TPSA) is 37.4 Å². The fourth-order valence-electron chi connectivity index (χ4n) is 2.72. The lowest BCUT2D eigenvalue weighted by atomic mass is 9.97. The molecule has 1 fully saturated rings. The molecule has 0 atom stereocenters. The molecule has 1 saturated heterocycles. The minimum atomic E-state index is -3.99. The van der Waals surface area contributed by atoms with Crippen molar-refractivity contribution >= 4 is 21.4 Å². The molecule has 0 N–H and O–H groups in total. The SMILES string of the molecule is O=S(=O)(c1cc(F)ccc1F)N1CCC(c2cccs2)CC1. The quantitative estimate of drug-likeness (QED) is 0.854. The Kier molecular flexibility index (Phi) is 4.29. The molecule has 2 aromatic rings. The second kappa shape index (κ2) is 6.06. The van der Waals surface area contributed by atoms with Crippen molar-refractivity contribution in [2.75, 3.05) is 13.1 Å². The van der Waals surface area contributed by atoms with Crippen molar-refractivity contribution in [2.24, 2.45) is 0 Å². The van der Waals surface area contributed by atoms with Crippen LogP contribution in [-0.2, 0) is 10.0 Å². The van der Waals surface area contributed by atoms with Gasteiger partial charge < -0.3 is 0 Å². The van der Waals surface area contributed by atoms with Crippen LogP contribution in [0.4, 0.5) is 8.78 Å². The van der Waals surface area contributed by atoms with E-state index in [-0.39, 0.29) is 0 Å². The Morgan fingerprint density at radius 2 is 1.86 bits per heavy atom. The summed E-state index contributed by atoms with van der Waals surface area (Å²) in [5.41, 5.74) is 0. The monoisotopic (exact) mass is 343 g/mol. The molecule has 1 aromatic carbocycles. The number of hydrogen-bond acceptors (Lipinski definition) is 3. The van der Waals surface area contributed by atoms with Gasteiger partial charge in [-0.3, -0.25) is 0 Å². The summed E-state index contributed by atoms with van der Waals surface area (Å²) in [5, 5.41) is 2.00. The molecule has 0 aliphatic carbocycles. The maximum Gasteiger partial charge on any atom is 0.246 e. The van der Waals surface area contributed by atoms with E-state index in [1.807, 2.05) is 17.5 Å². The highest BCUT2D eigenvalue weighted by Crippen LogP contribution is 2.33. The highest BCUT2D eigenvalue weighted by molar-refractivity contribution is 7.89. The first-order chi connectivity index (χ1) is 10.5. The van der Waals surface area contributed by atoms with Gasteiger partial charge in [-0.2, -0.15) is 4.31 Å². The number of thiophene rings is 1. The maximum atomic E-state index is 13.7. The van der Waals surface area contributed by atoms with Gasteiger partial charge in [0.05, 0.1) is 0 Å². The van der Waals surface area contributed by atoms with Gasteiger partial charge in [0.15, 0.2) is 0 Å². The number of sulfonamides is 1. The summed E-state index contributed by atoms with van der Waals surface area (Å²) < 4.78 is 53.2. The Morgan fingerprint density at radius 3 is 2.50 bits per heavy atom. The molecule has 0 saturated carbocycles. The van der Waals surface area contributed by atoms with E-state index < -0.39 is 26.6 Å². The Labute approximate surface area is 132 Å². The molecule has 2 heterocycles. The zero-order valence-electron chi connectivity index (χ0n) is 11.7. The number of piperidine rings is 1. The first-order valence-electron chi connectivity index (χ1n) is 6.97. The lowest BCUT2D eigenvalue weighted by Gasteiger charge is -2.30. The third-order valence-electron chi connectivity index (χ3n) is 3.91. The van der Waals surface area contributed by atoms with E-state index in [2.05, 4.69) is 0 Å². The van der Waals surface area contributed by atoms with Crippen LogP contribution in [0.5, 0.6) is 0 Å². The van der Waals surface area contributed by atoms with Crippen LogP contribution in [0.25, 0.3) is 0 Å². The average molecular weight is 343 g/mol. The van der Waals surface area contributed by atoms with Crippen LogP contribution in [0, 0.1) is 11.6 Å². The van der Waals surface area contributed by atoms with E-state index in [0.717, 1.165) is 18.2 Å². The third-order valence-corrected chi connectivity index (χ3v) is 6.86. The van der Waals surface area contributed by atoms with Crippen LogP contribution in [0.2, 0.25) is 0 Å². The summed E-state index contributed by atoms with van der Waals surface area (Å²) in [7, 11) is -3.99. The van der Waals surface area contributed by atoms with E-state index >= 15 is 0 Å². The van der Waals surface area contributed by atoms with Crippen LogP contribution < -0.4 is 0 Å². The molecule has 3 nitrogen and oxygen atoms in total. The fraction of sp³-hybridized carbons (Fsp3) is 0.333. The summed E-state index contributed by atoms with van der Waals surface area (Å²) in [5.74, 6) is -1.33. The predicted molar refractivity (Wildman–Crippen MR) is 81.4 cm³/mol. The Morgan fingerprint density at radius 1 is 1.14 bits per heavy atom. The summed E-state index contributed by atoms with van der Waals surface area (Å²) in [6, 6.07) is 6.53. The molecule has 1 aliphatic rings. The van der Waals surface area contributed by atoms with Gasteiger partial charge in [0, 0.05) is 18.0 Å². The van der Waals surface area contributed by atoms with Crippen molar-refractivity contribution in [3.63, 3.8) is 0 Å². The maximum absolute atomic E-state index is 13.7. The molecule has 0 unspecified atom stereocenters. The van der Waals surface area contributed by atoms with E-state index in [9.17, 15) is 17.2 Å². The number of rotatable bonds is 3. The van der Waals surface area contributed by atoms with Crippen molar-refractivity contribution in [3.05, 3.63) is 52.2 Å². The third kappa shape index (κ3) is 2.93. The van der Waals surface area contributed by atoms with Gasteiger partial charge in [0.2, 0.25) is 10.0 Å². The molecule has 118 valence electrons. The van der Waals surface area contributed by atoms with Crippen LogP contribution in [-0.4, -0.2) is 25.8 Å². The molecule has 3 rings (SSSR count). The lowest BCUT2D eigenvalue weighted by Crippen LogP contribution is -2.38. The summed E-state index contributed by atoms with van der Waals surface area (Å²) >= 11 is 1.66. The molecular formula is C15H15F2NO2S2. The Bertz CT molecular complexity index is 752. The van der Waals surface area contributed by atoms with Crippen molar-refractivity contribution < 1.29 is 17.2 Å². The first kappa shape index (κ1) is 15.6. The second-order valence-electron chi connectivity index (χ2n) is 5.27. The highest BCUT2D eigenvalue weighted by Gasteiger charge is 2.32. The zero-order valence-corrected chi connectivity index (χ0v) is 13.3. The van der Waals surface area contributed by atoms with Gasteiger partial charge in [0.25, 0.3) is 0 Å². The van der Waals surface area contributed by atoms with E-state index in [1.165, 1.54) is 9.18 Å². The molecular weight excluding hydrogens is 328 g/mol. The van der Waals surface area contributed by atoms with Gasteiger partial charge in [-0.05, 0) is 48.4 Å². The van der Waals surface area contributed by atoms with Crippen LogP contribution >= 0.6 is 11.3 Å². The summed E-state index contributed by atoms with van der Waals surface area (Å²) in [6.45, 7) is 0.641. The molecule has 1 aromatic heterocycles. The standard InChI is InChI=1S/C15H15F2NO2S2/c16-12-3-4-13(17)15(10-12)22(19,20)18-7-5-11(6-8-18)14-2-1-9-21-14/h1-4,9-11H,5-8H2. The van der Waals surface area contributed by atoms with E-state index in [1.54, 1.807) is 11.3 Å². The lowest BCUT2D eigenvalue weighted by molar-refractivity contribution is 0.320. The number of benzene rings is 1. The van der Waals surface area contributed by atoms with Crippen molar-refractivity contribution in [1.82, 2.24) is 4.31 Å². The van der Waals surface area contributed by atoms with Crippen molar-refractivity contribution in [3.8, 4) is 0 Å². The van der Waals surface area contributed by atoms with Gasteiger partial charge in [-0.1, -0.05) is 6.07 Å². The smallest absolute Gasteiger partial charge is 0.207 e. The summed E-state index contributed by atoms with van der Waals surface area (Å²) in [4.78, 5) is 0.663. The van der Waals surface area contributed by atoms with Crippen molar-refractivity contribution in [2.45, 2.75) is 23.7 Å². The fourth-order valence-corrected chi connectivity index (χ4v) is 5.16. The van der Waals surface area contributed by atoms with Crippen LogP contribution in [0.1, 0.15) is 23.6 Å². The first-order valence-corrected chi connectivity index (χ1v) is 9.29. The Hall–Kier alpha value is -1.31. The normalized spacial score (nSPS) is 17.7. The molecule has 0 spiro atoms. The number of hydrogen-bond donors (Lipinski definition) is 0. The molecule has 1 aliphatic heterocycles. The molecule has 0 bridgehead atoms. The minimum Gasteiger partial charge on any atom is -0.207 e. The second-order valence-corrected chi connectivity index (χ2v) is 8.15. The molecule has 22 heavy (non-hydrogen) atoms. The Balaban J connectivity index is 1.79. The minimum absolute atomic E-state index is 0.320. The number of nitrogens with zero attached hydrogens (tertiary/aromatic N) is 1.